The molecule has 0 unspecified atom stereocenters. The zero-order valence-electron chi connectivity index (χ0n) is 19.7. The average Bonchev–Trinajstić information content (AvgIpc) is 3.66. The van der Waals surface area contributed by atoms with Gasteiger partial charge in [-0.2, -0.15) is 14.1 Å². The van der Waals surface area contributed by atoms with E-state index < -0.39 is 10.0 Å². The monoisotopic (exact) mass is 526 g/mol. The molecule has 10 heteroatoms. The van der Waals surface area contributed by atoms with Crippen molar-refractivity contribution in [2.24, 2.45) is 0 Å². The summed E-state index contributed by atoms with van der Waals surface area (Å²) in [5.41, 5.74) is 3.25. The molecule has 3 aliphatic rings. The number of piperazine rings is 1. The summed E-state index contributed by atoms with van der Waals surface area (Å²) >= 11 is 6.17. The van der Waals surface area contributed by atoms with Gasteiger partial charge in [0, 0.05) is 44.0 Å². The van der Waals surface area contributed by atoms with Crippen molar-refractivity contribution in [2.75, 3.05) is 31.1 Å². The van der Waals surface area contributed by atoms with E-state index in [-0.39, 0.29) is 22.7 Å². The fraction of sp³-hybridized carbons (Fsp3) is 0.385. The third-order valence-corrected chi connectivity index (χ3v) is 9.78. The molecule has 1 aromatic heterocycles. The third kappa shape index (κ3) is 4.40. The van der Waals surface area contributed by atoms with Gasteiger partial charge in [-0.15, -0.1) is 0 Å². The predicted molar refractivity (Wildman–Crippen MR) is 139 cm³/mol. The van der Waals surface area contributed by atoms with Gasteiger partial charge >= 0.3 is 5.56 Å². The number of anilines is 1. The van der Waals surface area contributed by atoms with E-state index in [0.717, 1.165) is 25.7 Å². The van der Waals surface area contributed by atoms with Crippen molar-refractivity contribution in [2.45, 2.75) is 37.0 Å². The van der Waals surface area contributed by atoms with Crippen LogP contribution in [0.25, 0.3) is 5.69 Å². The van der Waals surface area contributed by atoms with Crippen LogP contribution in [0.4, 0.5) is 5.69 Å². The van der Waals surface area contributed by atoms with Crippen molar-refractivity contribution >= 4 is 27.3 Å². The number of sulfonamides is 1. The molecule has 0 N–H and O–H groups in total. The fourth-order valence-electron chi connectivity index (χ4n) is 5.09. The van der Waals surface area contributed by atoms with Crippen LogP contribution in [0.2, 0.25) is 5.02 Å². The molecule has 1 saturated heterocycles. The average molecular weight is 527 g/mol. The second-order valence-electron chi connectivity index (χ2n) is 9.60. The highest BCUT2D eigenvalue weighted by Gasteiger charge is 2.41. The minimum atomic E-state index is -3.23. The Morgan fingerprint density at radius 1 is 0.944 bits per heavy atom. The van der Waals surface area contributed by atoms with Gasteiger partial charge in [0.25, 0.3) is 0 Å². The maximum Gasteiger partial charge on any atom is 0.316 e. The smallest absolute Gasteiger partial charge is 0.316 e. The van der Waals surface area contributed by atoms with Crippen LogP contribution >= 0.6 is 11.6 Å². The molecule has 6 rings (SSSR count). The quantitative estimate of drug-likeness (QED) is 0.491. The zero-order valence-corrected chi connectivity index (χ0v) is 21.3. The maximum atomic E-state index is 13.7. The van der Waals surface area contributed by atoms with Crippen molar-refractivity contribution in [1.29, 1.82) is 0 Å². The summed E-state index contributed by atoms with van der Waals surface area (Å²) in [6, 6.07) is 15.2. The molecule has 0 amide bonds. The molecular weight excluding hydrogens is 500 g/mol. The Labute approximate surface area is 215 Å². The minimum Gasteiger partial charge on any atom is -0.482 e. The van der Waals surface area contributed by atoms with Gasteiger partial charge in [0.15, 0.2) is 0 Å². The molecule has 2 fully saturated rings. The number of ether oxygens (including phenoxy) is 1. The van der Waals surface area contributed by atoms with E-state index in [0.29, 0.717) is 42.6 Å². The number of nitrogens with zero attached hydrogens (tertiary/aromatic N) is 4. The van der Waals surface area contributed by atoms with E-state index in [9.17, 15) is 13.2 Å². The van der Waals surface area contributed by atoms with E-state index in [1.54, 1.807) is 34.8 Å². The molecule has 2 aromatic carbocycles. The minimum absolute atomic E-state index is 0.166. The van der Waals surface area contributed by atoms with Crippen LogP contribution in [0.5, 0.6) is 5.75 Å². The SMILES string of the molecule is O=c1c(OC2Cc3ccccc3C2)c(N2CCN(S(=O)(=O)C3CC3)CC2)cnn1-c1cccc(Cl)c1. The van der Waals surface area contributed by atoms with Crippen LogP contribution in [-0.2, 0) is 22.9 Å². The molecule has 2 heterocycles. The summed E-state index contributed by atoms with van der Waals surface area (Å²) in [7, 11) is -3.23. The Morgan fingerprint density at radius 2 is 1.64 bits per heavy atom. The molecule has 1 saturated carbocycles. The van der Waals surface area contributed by atoms with Crippen LogP contribution in [0.1, 0.15) is 24.0 Å². The van der Waals surface area contributed by atoms with Crippen LogP contribution in [0.15, 0.2) is 59.5 Å². The van der Waals surface area contributed by atoms with Crippen molar-refractivity contribution in [1.82, 2.24) is 14.1 Å². The molecule has 0 atom stereocenters. The molecule has 0 spiro atoms. The standard InChI is InChI=1S/C26H27ClN4O4S/c27-20-6-3-7-21(16-20)31-26(32)25(35-22-14-18-4-1-2-5-19(18)15-22)24(17-28-31)29-10-12-30(13-11-29)36(33,34)23-8-9-23/h1-7,16-17,22-23H,8-15H2. The highest BCUT2D eigenvalue weighted by Crippen LogP contribution is 2.34. The summed E-state index contributed by atoms with van der Waals surface area (Å²) in [5, 5.41) is 4.72. The number of rotatable bonds is 6. The molecule has 0 radical (unpaired) electrons. The highest BCUT2D eigenvalue weighted by molar-refractivity contribution is 7.90. The van der Waals surface area contributed by atoms with E-state index in [4.69, 9.17) is 16.3 Å². The number of aromatic nitrogens is 2. The largest absolute Gasteiger partial charge is 0.482 e. The molecule has 36 heavy (non-hydrogen) atoms. The van der Waals surface area contributed by atoms with Gasteiger partial charge in [-0.3, -0.25) is 4.79 Å². The lowest BCUT2D eigenvalue weighted by molar-refractivity contribution is 0.209. The summed E-state index contributed by atoms with van der Waals surface area (Å²) in [5.74, 6) is 0.237. The first-order valence-corrected chi connectivity index (χ1v) is 14.1. The van der Waals surface area contributed by atoms with Crippen molar-refractivity contribution in [3.8, 4) is 11.4 Å². The second kappa shape index (κ2) is 9.21. The number of hydrogen-bond acceptors (Lipinski definition) is 6. The Hall–Kier alpha value is -2.88. The Bertz CT molecular complexity index is 1440. The first-order valence-electron chi connectivity index (χ1n) is 12.3. The maximum absolute atomic E-state index is 13.7. The Kier molecular flexibility index (Phi) is 6.02. The topological polar surface area (TPSA) is 84.7 Å². The summed E-state index contributed by atoms with van der Waals surface area (Å²) in [6.07, 6.45) is 4.42. The number of halogens is 1. The van der Waals surface area contributed by atoms with Crippen molar-refractivity contribution in [3.63, 3.8) is 0 Å². The summed E-state index contributed by atoms with van der Waals surface area (Å²) in [6.45, 7) is 1.69. The van der Waals surface area contributed by atoms with Crippen LogP contribution in [-0.4, -0.2) is 60.0 Å². The highest BCUT2D eigenvalue weighted by atomic mass is 35.5. The van der Waals surface area contributed by atoms with Gasteiger partial charge in [-0.1, -0.05) is 41.9 Å². The lowest BCUT2D eigenvalue weighted by atomic mass is 10.1. The fourth-order valence-corrected chi connectivity index (χ4v) is 7.10. The van der Waals surface area contributed by atoms with Gasteiger partial charge in [0.2, 0.25) is 15.8 Å². The van der Waals surface area contributed by atoms with Crippen molar-refractivity contribution < 1.29 is 13.2 Å². The number of fused-ring (bicyclic) bond motifs is 1. The number of hydrogen-bond donors (Lipinski definition) is 0. The van der Waals surface area contributed by atoms with E-state index in [1.807, 2.05) is 17.0 Å². The second-order valence-corrected chi connectivity index (χ2v) is 12.3. The summed E-state index contributed by atoms with van der Waals surface area (Å²) < 4.78 is 34.7. The van der Waals surface area contributed by atoms with Crippen LogP contribution in [0, 0.1) is 0 Å². The summed E-state index contributed by atoms with van der Waals surface area (Å²) in [4.78, 5) is 15.7. The molecule has 188 valence electrons. The van der Waals surface area contributed by atoms with Gasteiger partial charge in [0.05, 0.1) is 17.1 Å². The predicted octanol–water partition coefficient (Wildman–Crippen LogP) is 3.05. The van der Waals surface area contributed by atoms with Gasteiger partial charge in [0.1, 0.15) is 11.8 Å². The third-order valence-electron chi connectivity index (χ3n) is 7.15. The van der Waals surface area contributed by atoms with Gasteiger partial charge in [-0.05, 0) is 42.2 Å². The molecule has 3 aromatic rings. The van der Waals surface area contributed by atoms with Crippen molar-refractivity contribution in [3.05, 3.63) is 81.2 Å². The zero-order chi connectivity index (χ0) is 24.9. The lowest BCUT2D eigenvalue weighted by Crippen LogP contribution is -2.50. The Balaban J connectivity index is 1.32. The van der Waals surface area contributed by atoms with Crippen LogP contribution < -0.4 is 15.2 Å². The van der Waals surface area contributed by atoms with Gasteiger partial charge < -0.3 is 9.64 Å². The number of benzene rings is 2. The van der Waals surface area contributed by atoms with Gasteiger partial charge in [-0.25, -0.2) is 8.42 Å². The normalized spacial score (nSPS) is 18.9. The molecule has 8 nitrogen and oxygen atoms in total. The first kappa shape index (κ1) is 23.5. The molecule has 1 aliphatic heterocycles. The lowest BCUT2D eigenvalue weighted by Gasteiger charge is -2.36. The van der Waals surface area contributed by atoms with E-state index in [2.05, 4.69) is 17.2 Å². The first-order chi connectivity index (χ1) is 17.4. The van der Waals surface area contributed by atoms with E-state index >= 15 is 0 Å². The van der Waals surface area contributed by atoms with E-state index in [1.165, 1.54) is 15.8 Å². The molecular formula is C26H27ClN4O4S. The molecule has 0 bridgehead atoms. The molecule has 2 aliphatic carbocycles. The van der Waals surface area contributed by atoms with Crippen LogP contribution in [0.3, 0.4) is 0 Å². The Morgan fingerprint density at radius 3 is 2.28 bits per heavy atom.